The molecule has 3 rings (SSSR count). The Morgan fingerprint density at radius 2 is 2.21 bits per heavy atom. The van der Waals surface area contributed by atoms with E-state index in [9.17, 15) is 9.90 Å². The van der Waals surface area contributed by atoms with Gasteiger partial charge in [-0.3, -0.25) is 4.79 Å². The normalized spacial score (nSPS) is 30.5. The molecule has 0 aliphatic carbocycles. The van der Waals surface area contributed by atoms with E-state index in [1.807, 2.05) is 11.8 Å². The Morgan fingerprint density at radius 3 is 2.89 bits per heavy atom. The van der Waals surface area contributed by atoms with Gasteiger partial charge in [-0.15, -0.1) is 11.8 Å². The van der Waals surface area contributed by atoms with Crippen molar-refractivity contribution >= 4 is 17.7 Å². The van der Waals surface area contributed by atoms with Crippen molar-refractivity contribution in [2.45, 2.75) is 23.5 Å². The van der Waals surface area contributed by atoms with Gasteiger partial charge in [0, 0.05) is 29.8 Å². The van der Waals surface area contributed by atoms with Crippen LogP contribution in [0.4, 0.5) is 0 Å². The van der Waals surface area contributed by atoms with Gasteiger partial charge in [0.1, 0.15) is 0 Å². The second-order valence-electron chi connectivity index (χ2n) is 5.69. The molecular weight excluding hydrogens is 258 g/mol. The summed E-state index contributed by atoms with van der Waals surface area (Å²) in [5.41, 5.74) is 1.44. The van der Waals surface area contributed by atoms with E-state index in [4.69, 9.17) is 0 Å². The molecule has 1 aromatic carbocycles. The number of nitrogens with zero attached hydrogens (tertiary/aromatic N) is 1. The lowest BCUT2D eigenvalue weighted by Crippen LogP contribution is -2.30. The number of aliphatic carboxylic acids is 1. The largest absolute Gasteiger partial charge is 0.481 e. The molecule has 2 aliphatic rings. The third-order valence-corrected chi connectivity index (χ3v) is 5.48. The Balaban J connectivity index is 1.59. The molecule has 4 heteroatoms. The van der Waals surface area contributed by atoms with Crippen LogP contribution in [0.2, 0.25) is 0 Å². The number of benzene rings is 1. The molecule has 1 N–H and O–H groups in total. The van der Waals surface area contributed by atoms with Crippen LogP contribution >= 0.6 is 11.8 Å². The summed E-state index contributed by atoms with van der Waals surface area (Å²) in [5, 5.41) is 9.75. The summed E-state index contributed by atoms with van der Waals surface area (Å²) < 4.78 is 0. The van der Waals surface area contributed by atoms with E-state index in [-0.39, 0.29) is 11.8 Å². The summed E-state index contributed by atoms with van der Waals surface area (Å²) in [6, 6.07) is 8.58. The number of carboxylic acid groups (broad SMARTS) is 1. The minimum absolute atomic E-state index is 0.186. The Hall–Kier alpha value is -1.00. The van der Waals surface area contributed by atoms with Crippen LogP contribution < -0.4 is 0 Å². The monoisotopic (exact) mass is 277 g/mol. The van der Waals surface area contributed by atoms with Gasteiger partial charge < -0.3 is 10.0 Å². The van der Waals surface area contributed by atoms with Crippen LogP contribution in [0.3, 0.4) is 0 Å². The van der Waals surface area contributed by atoms with E-state index in [2.05, 4.69) is 36.1 Å². The smallest absolute Gasteiger partial charge is 0.308 e. The van der Waals surface area contributed by atoms with Crippen molar-refractivity contribution in [2.75, 3.05) is 19.6 Å². The summed E-state index contributed by atoms with van der Waals surface area (Å²) in [6.07, 6.45) is 1.11. The lowest BCUT2D eigenvalue weighted by atomic mass is 9.99. The molecule has 0 amide bonds. The molecule has 1 fully saturated rings. The van der Waals surface area contributed by atoms with Crippen molar-refractivity contribution in [3.8, 4) is 0 Å². The third kappa shape index (κ3) is 2.65. The van der Waals surface area contributed by atoms with Crippen molar-refractivity contribution in [1.82, 2.24) is 4.90 Å². The van der Waals surface area contributed by atoms with Crippen molar-refractivity contribution in [1.29, 1.82) is 0 Å². The van der Waals surface area contributed by atoms with E-state index < -0.39 is 5.97 Å². The second kappa shape index (κ2) is 5.17. The highest BCUT2D eigenvalue weighted by atomic mass is 32.2. The molecule has 1 unspecified atom stereocenters. The average molecular weight is 277 g/mol. The summed E-state index contributed by atoms with van der Waals surface area (Å²) in [4.78, 5) is 14.9. The number of hydrogen-bond donors (Lipinski definition) is 1. The highest BCUT2D eigenvalue weighted by Crippen LogP contribution is 2.38. The van der Waals surface area contributed by atoms with E-state index in [0.717, 1.165) is 19.5 Å². The topological polar surface area (TPSA) is 40.5 Å². The molecule has 3 atom stereocenters. The van der Waals surface area contributed by atoms with Crippen LogP contribution in [-0.4, -0.2) is 40.9 Å². The van der Waals surface area contributed by atoms with Gasteiger partial charge in [-0.2, -0.15) is 0 Å². The van der Waals surface area contributed by atoms with Gasteiger partial charge in [0.15, 0.2) is 0 Å². The molecule has 19 heavy (non-hydrogen) atoms. The number of carbonyl (C=O) groups is 1. The maximum atomic E-state index is 11.1. The standard InChI is InChI=1S/C15H19NO2S/c1-10-7-16(9-13(10)15(17)18)8-12-6-11-4-2-3-5-14(11)19-12/h2-5,10,12-13H,6-9H2,1H3,(H,17,18)/t10-,12?,13-/m1/s1. The Morgan fingerprint density at radius 1 is 1.42 bits per heavy atom. The molecule has 0 radical (unpaired) electrons. The molecule has 0 aromatic heterocycles. The Bertz CT molecular complexity index is 466. The first-order chi connectivity index (χ1) is 9.13. The summed E-state index contributed by atoms with van der Waals surface area (Å²) in [7, 11) is 0. The number of likely N-dealkylation sites (tertiary alicyclic amines) is 1. The van der Waals surface area contributed by atoms with Crippen LogP contribution in [0.1, 0.15) is 12.5 Å². The molecule has 3 nitrogen and oxygen atoms in total. The zero-order chi connectivity index (χ0) is 13.4. The molecule has 0 bridgehead atoms. The van der Waals surface area contributed by atoms with Crippen LogP contribution in [0.15, 0.2) is 29.2 Å². The van der Waals surface area contributed by atoms with Crippen molar-refractivity contribution < 1.29 is 9.90 Å². The third-order valence-electron chi connectivity index (χ3n) is 4.18. The van der Waals surface area contributed by atoms with E-state index in [0.29, 0.717) is 11.8 Å². The van der Waals surface area contributed by atoms with Gasteiger partial charge in [-0.05, 0) is 24.0 Å². The van der Waals surface area contributed by atoms with Crippen molar-refractivity contribution in [2.24, 2.45) is 11.8 Å². The number of thioether (sulfide) groups is 1. The van der Waals surface area contributed by atoms with E-state index in [1.165, 1.54) is 10.5 Å². The Labute approximate surface area is 118 Å². The summed E-state index contributed by atoms with van der Waals surface area (Å²) in [5.74, 6) is -0.558. The first-order valence-corrected chi connectivity index (χ1v) is 7.71. The molecular formula is C15H19NO2S. The molecule has 1 aromatic rings. The SMILES string of the molecule is C[C@@H]1CN(CC2Cc3ccccc3S2)C[C@H]1C(=O)O. The minimum atomic E-state index is -0.641. The van der Waals surface area contributed by atoms with Crippen molar-refractivity contribution in [3.63, 3.8) is 0 Å². The van der Waals surface area contributed by atoms with E-state index in [1.54, 1.807) is 0 Å². The predicted molar refractivity (Wildman–Crippen MR) is 76.5 cm³/mol. The fourth-order valence-corrected chi connectivity index (χ4v) is 4.55. The molecule has 2 heterocycles. The van der Waals surface area contributed by atoms with Crippen LogP contribution in [0.25, 0.3) is 0 Å². The summed E-state index contributed by atoms with van der Waals surface area (Å²) >= 11 is 1.94. The lowest BCUT2D eigenvalue weighted by Gasteiger charge is -2.19. The molecule has 1 saturated heterocycles. The number of rotatable bonds is 3. The van der Waals surface area contributed by atoms with Crippen LogP contribution in [0, 0.1) is 11.8 Å². The highest BCUT2D eigenvalue weighted by molar-refractivity contribution is 8.00. The van der Waals surface area contributed by atoms with Gasteiger partial charge in [0.25, 0.3) is 0 Å². The Kier molecular flexibility index (Phi) is 3.54. The second-order valence-corrected chi connectivity index (χ2v) is 7.03. The van der Waals surface area contributed by atoms with Gasteiger partial charge in [-0.1, -0.05) is 25.1 Å². The van der Waals surface area contributed by atoms with Gasteiger partial charge in [0.2, 0.25) is 0 Å². The first kappa shape index (κ1) is 13.0. The van der Waals surface area contributed by atoms with Crippen molar-refractivity contribution in [3.05, 3.63) is 29.8 Å². The first-order valence-electron chi connectivity index (χ1n) is 6.83. The van der Waals surface area contributed by atoms with E-state index >= 15 is 0 Å². The molecule has 0 saturated carbocycles. The molecule has 102 valence electrons. The van der Waals surface area contributed by atoms with Gasteiger partial charge in [0.05, 0.1) is 5.92 Å². The zero-order valence-corrected chi connectivity index (χ0v) is 11.9. The zero-order valence-electron chi connectivity index (χ0n) is 11.1. The summed E-state index contributed by atoms with van der Waals surface area (Å²) in [6.45, 7) is 4.69. The highest BCUT2D eigenvalue weighted by Gasteiger charge is 2.36. The number of fused-ring (bicyclic) bond motifs is 1. The van der Waals surface area contributed by atoms with Crippen LogP contribution in [-0.2, 0) is 11.2 Å². The maximum absolute atomic E-state index is 11.1. The molecule has 0 spiro atoms. The van der Waals surface area contributed by atoms with Gasteiger partial charge in [-0.25, -0.2) is 0 Å². The predicted octanol–water partition coefficient (Wildman–Crippen LogP) is 2.36. The quantitative estimate of drug-likeness (QED) is 0.921. The maximum Gasteiger partial charge on any atom is 0.308 e. The lowest BCUT2D eigenvalue weighted by molar-refractivity contribution is -0.142. The minimum Gasteiger partial charge on any atom is -0.481 e. The van der Waals surface area contributed by atoms with Gasteiger partial charge >= 0.3 is 5.97 Å². The molecule has 2 aliphatic heterocycles. The van der Waals surface area contributed by atoms with Crippen LogP contribution in [0.5, 0.6) is 0 Å². The number of hydrogen-bond acceptors (Lipinski definition) is 3. The number of carboxylic acids is 1. The average Bonchev–Trinajstić information content (AvgIpc) is 2.92. The fraction of sp³-hybridized carbons (Fsp3) is 0.533. The fourth-order valence-electron chi connectivity index (χ4n) is 3.18.